The summed E-state index contributed by atoms with van der Waals surface area (Å²) in [6, 6.07) is 3.42. The van der Waals surface area contributed by atoms with Crippen LogP contribution >= 0.6 is 0 Å². The molecule has 0 spiro atoms. The van der Waals surface area contributed by atoms with E-state index in [0.717, 1.165) is 5.76 Å². The van der Waals surface area contributed by atoms with Gasteiger partial charge in [0.05, 0.1) is 6.54 Å². The fraction of sp³-hybridized carbons (Fsp3) is 0.538. The predicted molar refractivity (Wildman–Crippen MR) is 69.7 cm³/mol. The van der Waals surface area contributed by atoms with E-state index in [2.05, 4.69) is 5.32 Å². The van der Waals surface area contributed by atoms with Gasteiger partial charge in [0.1, 0.15) is 11.5 Å². The fourth-order valence-corrected chi connectivity index (χ4v) is 1.64. The number of hydrogen-bond donors (Lipinski definition) is 2. The molecule has 0 aliphatic carbocycles. The van der Waals surface area contributed by atoms with E-state index in [1.54, 1.807) is 14.0 Å². The van der Waals surface area contributed by atoms with Crippen LogP contribution in [0.4, 0.5) is 4.79 Å². The van der Waals surface area contributed by atoms with E-state index in [0.29, 0.717) is 18.8 Å². The number of amides is 2. The zero-order valence-electron chi connectivity index (χ0n) is 11.5. The predicted octanol–water partition coefficient (Wildman–Crippen LogP) is 1.84. The number of hydrogen-bond acceptors (Lipinski definition) is 3. The van der Waals surface area contributed by atoms with Gasteiger partial charge in [0.15, 0.2) is 0 Å². The largest absolute Gasteiger partial charge is 0.481 e. The number of carbonyl (C=O) groups excluding carboxylic acids is 1. The van der Waals surface area contributed by atoms with Gasteiger partial charge >= 0.3 is 12.0 Å². The van der Waals surface area contributed by atoms with E-state index in [1.807, 2.05) is 19.1 Å². The maximum Gasteiger partial charge on any atom is 0.317 e. The van der Waals surface area contributed by atoms with Crippen LogP contribution in [0.3, 0.4) is 0 Å². The number of carboxylic acids is 1. The Morgan fingerprint density at radius 3 is 2.68 bits per heavy atom. The van der Waals surface area contributed by atoms with Gasteiger partial charge in [-0.1, -0.05) is 6.92 Å². The van der Waals surface area contributed by atoms with Crippen molar-refractivity contribution in [1.29, 1.82) is 0 Å². The van der Waals surface area contributed by atoms with Gasteiger partial charge in [-0.2, -0.15) is 0 Å². The van der Waals surface area contributed by atoms with Crippen LogP contribution in [0.5, 0.6) is 0 Å². The van der Waals surface area contributed by atoms with Crippen molar-refractivity contribution in [2.75, 3.05) is 13.6 Å². The fourth-order valence-electron chi connectivity index (χ4n) is 1.64. The molecular weight excluding hydrogens is 248 g/mol. The minimum absolute atomic E-state index is 0.0430. The second-order valence-electron chi connectivity index (χ2n) is 4.76. The summed E-state index contributed by atoms with van der Waals surface area (Å²) in [5.74, 6) is 0.564. The van der Waals surface area contributed by atoms with Crippen LogP contribution in [0, 0.1) is 12.8 Å². The van der Waals surface area contributed by atoms with Crippen molar-refractivity contribution in [3.8, 4) is 0 Å². The monoisotopic (exact) mass is 268 g/mol. The molecule has 2 amide bonds. The summed E-state index contributed by atoms with van der Waals surface area (Å²) in [5.41, 5.74) is 0. The van der Waals surface area contributed by atoms with E-state index < -0.39 is 5.97 Å². The molecule has 2 N–H and O–H groups in total. The second-order valence-corrected chi connectivity index (χ2v) is 4.76. The van der Waals surface area contributed by atoms with Gasteiger partial charge in [-0.25, -0.2) is 4.79 Å². The van der Waals surface area contributed by atoms with E-state index in [-0.39, 0.29) is 18.4 Å². The van der Waals surface area contributed by atoms with E-state index in [9.17, 15) is 9.59 Å². The van der Waals surface area contributed by atoms with Crippen molar-refractivity contribution in [1.82, 2.24) is 10.2 Å². The van der Waals surface area contributed by atoms with Crippen LogP contribution in [-0.2, 0) is 11.3 Å². The Kier molecular flexibility index (Phi) is 5.41. The molecule has 1 aromatic heterocycles. The molecule has 1 aromatic rings. The summed E-state index contributed by atoms with van der Waals surface area (Å²) in [6.45, 7) is 4.35. The SMILES string of the molecule is Cc1ccc(CN(C)C(=O)NCC(C)CC(=O)O)o1. The number of carboxylic acid groups (broad SMARTS) is 1. The number of carbonyl (C=O) groups is 2. The first-order valence-electron chi connectivity index (χ1n) is 6.14. The number of nitrogens with one attached hydrogen (secondary N) is 1. The van der Waals surface area contributed by atoms with Crippen molar-refractivity contribution in [2.24, 2.45) is 5.92 Å². The average Bonchev–Trinajstić information content (AvgIpc) is 2.70. The first kappa shape index (κ1) is 15.1. The van der Waals surface area contributed by atoms with Gasteiger partial charge in [-0.05, 0) is 25.0 Å². The summed E-state index contributed by atoms with van der Waals surface area (Å²) in [7, 11) is 1.66. The lowest BCUT2D eigenvalue weighted by atomic mass is 10.1. The van der Waals surface area contributed by atoms with Crippen LogP contribution < -0.4 is 5.32 Å². The maximum atomic E-state index is 11.8. The van der Waals surface area contributed by atoms with Crippen LogP contribution in [0.25, 0.3) is 0 Å². The summed E-state index contributed by atoms with van der Waals surface area (Å²) in [5, 5.41) is 11.3. The molecule has 6 heteroatoms. The Hall–Kier alpha value is -1.98. The number of aliphatic carboxylic acids is 1. The molecule has 1 heterocycles. The van der Waals surface area contributed by atoms with Crippen LogP contribution in [-0.4, -0.2) is 35.6 Å². The van der Waals surface area contributed by atoms with Gasteiger partial charge in [-0.15, -0.1) is 0 Å². The lowest BCUT2D eigenvalue weighted by Gasteiger charge is -2.18. The molecule has 0 aliphatic heterocycles. The molecule has 6 nitrogen and oxygen atoms in total. The highest BCUT2D eigenvalue weighted by Gasteiger charge is 2.13. The van der Waals surface area contributed by atoms with Gasteiger partial charge in [-0.3, -0.25) is 4.79 Å². The molecule has 0 saturated carbocycles. The lowest BCUT2D eigenvalue weighted by Crippen LogP contribution is -2.39. The number of urea groups is 1. The van der Waals surface area contributed by atoms with Crippen molar-refractivity contribution >= 4 is 12.0 Å². The molecule has 0 aromatic carbocycles. The molecule has 0 bridgehead atoms. The average molecular weight is 268 g/mol. The second kappa shape index (κ2) is 6.82. The summed E-state index contributed by atoms with van der Waals surface area (Å²) >= 11 is 0. The molecule has 106 valence electrons. The zero-order chi connectivity index (χ0) is 14.4. The number of furan rings is 1. The van der Waals surface area contributed by atoms with Crippen LogP contribution in [0.2, 0.25) is 0 Å². The van der Waals surface area contributed by atoms with E-state index >= 15 is 0 Å². The Labute approximate surface area is 112 Å². The normalized spacial score (nSPS) is 11.9. The Morgan fingerprint density at radius 1 is 1.47 bits per heavy atom. The van der Waals surface area contributed by atoms with Crippen LogP contribution in [0.15, 0.2) is 16.5 Å². The molecule has 0 radical (unpaired) electrons. The van der Waals surface area contributed by atoms with Crippen molar-refractivity contribution in [3.63, 3.8) is 0 Å². The molecule has 0 fully saturated rings. The molecule has 1 unspecified atom stereocenters. The maximum absolute atomic E-state index is 11.8. The molecule has 0 saturated heterocycles. The highest BCUT2D eigenvalue weighted by molar-refractivity contribution is 5.74. The lowest BCUT2D eigenvalue weighted by molar-refractivity contribution is -0.137. The van der Waals surface area contributed by atoms with Gasteiger partial charge in [0.2, 0.25) is 0 Å². The number of rotatable bonds is 6. The minimum Gasteiger partial charge on any atom is -0.481 e. The summed E-state index contributed by atoms with van der Waals surface area (Å²) in [6.07, 6.45) is 0.0430. The van der Waals surface area contributed by atoms with E-state index in [4.69, 9.17) is 9.52 Å². The van der Waals surface area contributed by atoms with Gasteiger partial charge < -0.3 is 19.7 Å². The first-order valence-corrected chi connectivity index (χ1v) is 6.14. The molecule has 19 heavy (non-hydrogen) atoms. The molecule has 1 rings (SSSR count). The third-order valence-electron chi connectivity index (χ3n) is 2.66. The van der Waals surface area contributed by atoms with Crippen molar-refractivity contribution in [3.05, 3.63) is 23.7 Å². The number of nitrogens with zero attached hydrogens (tertiary/aromatic N) is 1. The third-order valence-corrected chi connectivity index (χ3v) is 2.66. The quantitative estimate of drug-likeness (QED) is 0.824. The Balaban J connectivity index is 2.34. The Bertz CT molecular complexity index is 442. The minimum atomic E-state index is -0.860. The molecular formula is C13H20N2O4. The summed E-state index contributed by atoms with van der Waals surface area (Å²) < 4.78 is 5.38. The molecule has 1 atom stereocenters. The van der Waals surface area contributed by atoms with Crippen molar-refractivity contribution in [2.45, 2.75) is 26.8 Å². The topological polar surface area (TPSA) is 82.8 Å². The first-order chi connectivity index (χ1) is 8.88. The zero-order valence-corrected chi connectivity index (χ0v) is 11.5. The molecule has 0 aliphatic rings. The highest BCUT2D eigenvalue weighted by Crippen LogP contribution is 2.08. The van der Waals surface area contributed by atoms with Crippen molar-refractivity contribution < 1.29 is 19.1 Å². The van der Waals surface area contributed by atoms with Gasteiger partial charge in [0.25, 0.3) is 0 Å². The number of aryl methyl sites for hydroxylation is 1. The summed E-state index contributed by atoms with van der Waals surface area (Å²) in [4.78, 5) is 23.8. The standard InChI is InChI=1S/C13H20N2O4/c1-9(6-12(16)17)7-14-13(18)15(3)8-11-5-4-10(2)19-11/h4-5,9H,6-8H2,1-3H3,(H,14,18)(H,16,17). The Morgan fingerprint density at radius 2 is 2.16 bits per heavy atom. The van der Waals surface area contributed by atoms with Crippen LogP contribution in [0.1, 0.15) is 24.9 Å². The van der Waals surface area contributed by atoms with Gasteiger partial charge in [0, 0.05) is 20.0 Å². The highest BCUT2D eigenvalue weighted by atomic mass is 16.4. The smallest absolute Gasteiger partial charge is 0.317 e. The third kappa shape index (κ3) is 5.46. The van der Waals surface area contributed by atoms with E-state index in [1.165, 1.54) is 4.90 Å².